The monoisotopic (exact) mass is 390 g/mol. The summed E-state index contributed by atoms with van der Waals surface area (Å²) in [5, 5.41) is 32.8. The molecule has 2 unspecified atom stereocenters. The second kappa shape index (κ2) is 9.05. The van der Waals surface area contributed by atoms with Gasteiger partial charge in [0.2, 0.25) is 0 Å². The lowest BCUT2D eigenvalue weighted by Gasteiger charge is -2.37. The van der Waals surface area contributed by atoms with Crippen molar-refractivity contribution in [2.75, 3.05) is 26.2 Å². The lowest BCUT2D eigenvalue weighted by Crippen LogP contribution is -2.46. The van der Waals surface area contributed by atoms with Gasteiger partial charge in [-0.25, -0.2) is 0 Å². The molecule has 1 aromatic rings. The molecule has 2 atom stereocenters. The fourth-order valence-corrected chi connectivity index (χ4v) is 3.62. The third-order valence-corrected chi connectivity index (χ3v) is 5.33. The van der Waals surface area contributed by atoms with Gasteiger partial charge < -0.3 is 25.5 Å². The first kappa shape index (κ1) is 20.3. The number of aromatic hydroxyl groups is 1. The molecule has 1 saturated heterocycles. The summed E-state index contributed by atoms with van der Waals surface area (Å²) >= 11 is 12.1. The van der Waals surface area contributed by atoms with E-state index in [2.05, 4.69) is 5.32 Å². The van der Waals surface area contributed by atoms with Crippen molar-refractivity contribution in [2.45, 2.75) is 31.9 Å². The number of nitrogens with one attached hydrogen (secondary N) is 1. The fourth-order valence-electron chi connectivity index (χ4n) is 3.29. The van der Waals surface area contributed by atoms with E-state index in [1.54, 1.807) is 11.0 Å². The number of hydrogen-bond donors (Lipinski definition) is 4. The largest absolute Gasteiger partial charge is 0.508 e. The molecule has 1 amide bonds. The molecule has 8 heteroatoms. The van der Waals surface area contributed by atoms with E-state index in [4.69, 9.17) is 28.3 Å². The molecule has 1 aromatic carbocycles. The highest BCUT2D eigenvalue weighted by Gasteiger charge is 2.32. The Balaban J connectivity index is 2.13. The lowest BCUT2D eigenvalue weighted by molar-refractivity contribution is -0.143. The molecule has 1 heterocycles. The molecule has 140 valence electrons. The van der Waals surface area contributed by atoms with Crippen molar-refractivity contribution >= 4 is 29.1 Å². The van der Waals surface area contributed by atoms with Crippen LogP contribution < -0.4 is 5.32 Å². The maximum absolute atomic E-state index is 12.0. The van der Waals surface area contributed by atoms with Gasteiger partial charge in [0.25, 0.3) is 5.91 Å². The summed E-state index contributed by atoms with van der Waals surface area (Å²) in [6.07, 6.45) is 0.0582. The van der Waals surface area contributed by atoms with Crippen LogP contribution in [0, 0.1) is 5.92 Å². The number of rotatable bonds is 6. The van der Waals surface area contributed by atoms with Crippen molar-refractivity contribution < 1.29 is 20.1 Å². The molecule has 0 bridgehead atoms. The molecule has 2 rings (SSSR count). The van der Waals surface area contributed by atoms with Gasteiger partial charge in [-0.1, -0.05) is 30.1 Å². The highest BCUT2D eigenvalue weighted by atomic mass is 35.5. The Morgan fingerprint density at radius 1 is 1.32 bits per heavy atom. The van der Waals surface area contributed by atoms with E-state index in [1.165, 1.54) is 6.07 Å². The number of phenolic OH excluding ortho intramolecular Hbond substituents is 1. The Kier molecular flexibility index (Phi) is 7.34. The highest BCUT2D eigenvalue weighted by molar-refractivity contribution is 6.42. The lowest BCUT2D eigenvalue weighted by atomic mass is 9.84. The number of benzene rings is 1. The first-order valence-corrected chi connectivity index (χ1v) is 9.13. The predicted molar refractivity (Wildman–Crippen MR) is 96.9 cm³/mol. The van der Waals surface area contributed by atoms with Crippen LogP contribution in [0.5, 0.6) is 5.75 Å². The summed E-state index contributed by atoms with van der Waals surface area (Å²) in [5.41, 5.74) is 0.691. The summed E-state index contributed by atoms with van der Waals surface area (Å²) in [6.45, 7) is 3.11. The number of aliphatic hydroxyl groups is 2. The van der Waals surface area contributed by atoms with Crippen LogP contribution in [0.2, 0.25) is 10.0 Å². The summed E-state index contributed by atoms with van der Waals surface area (Å²) < 4.78 is 0. The van der Waals surface area contributed by atoms with Gasteiger partial charge >= 0.3 is 0 Å². The fraction of sp³-hybridized carbons (Fsp3) is 0.588. The Morgan fingerprint density at radius 2 is 1.92 bits per heavy atom. The van der Waals surface area contributed by atoms with Crippen LogP contribution in [0.15, 0.2) is 12.1 Å². The van der Waals surface area contributed by atoms with E-state index in [0.717, 1.165) is 0 Å². The van der Waals surface area contributed by atoms with Gasteiger partial charge in [-0.05, 0) is 31.4 Å². The molecule has 0 saturated carbocycles. The number of phenols is 1. The zero-order valence-corrected chi connectivity index (χ0v) is 15.6. The topological polar surface area (TPSA) is 93.0 Å². The number of aliphatic hydroxyl groups excluding tert-OH is 2. The molecule has 1 aliphatic rings. The number of piperidine rings is 1. The SMILES string of the molecule is CCNC(c1cc(Cl)c(Cl)cc1O)C1CCN(C(=O)C(O)CO)CC1. The van der Waals surface area contributed by atoms with E-state index in [9.17, 15) is 15.0 Å². The minimum absolute atomic E-state index is 0.0922. The van der Waals surface area contributed by atoms with Crippen LogP contribution in [0.4, 0.5) is 0 Å². The van der Waals surface area contributed by atoms with Crippen LogP contribution in [0.1, 0.15) is 31.4 Å². The number of hydrogen-bond acceptors (Lipinski definition) is 5. The molecular weight excluding hydrogens is 367 g/mol. The molecule has 0 aliphatic carbocycles. The molecule has 0 radical (unpaired) electrons. The van der Waals surface area contributed by atoms with Crippen molar-refractivity contribution in [3.63, 3.8) is 0 Å². The zero-order valence-electron chi connectivity index (χ0n) is 14.1. The molecule has 6 nitrogen and oxygen atoms in total. The van der Waals surface area contributed by atoms with Gasteiger partial charge in [-0.3, -0.25) is 4.79 Å². The van der Waals surface area contributed by atoms with E-state index < -0.39 is 18.6 Å². The molecule has 0 aromatic heterocycles. The Morgan fingerprint density at radius 3 is 2.48 bits per heavy atom. The Labute approximate surface area is 157 Å². The van der Waals surface area contributed by atoms with E-state index in [-0.39, 0.29) is 17.7 Å². The standard InChI is InChI=1S/C17H24Cl2N2O4/c1-2-20-16(11-7-12(18)13(19)8-14(11)23)10-3-5-21(6-4-10)17(25)15(24)9-22/h7-8,10,15-16,20,22-24H,2-6,9H2,1H3. The maximum Gasteiger partial charge on any atom is 0.253 e. The Hall–Kier alpha value is -1.05. The first-order chi connectivity index (χ1) is 11.9. The smallest absolute Gasteiger partial charge is 0.253 e. The quantitative estimate of drug-likeness (QED) is 0.595. The number of likely N-dealkylation sites (tertiary alicyclic amines) is 1. The summed E-state index contributed by atoms with van der Waals surface area (Å²) in [7, 11) is 0. The summed E-state index contributed by atoms with van der Waals surface area (Å²) in [6, 6.07) is 3.01. The second-order valence-electron chi connectivity index (χ2n) is 6.22. The minimum Gasteiger partial charge on any atom is -0.508 e. The normalized spacial score (nSPS) is 18.2. The van der Waals surface area contributed by atoms with Gasteiger partial charge in [0.05, 0.1) is 16.7 Å². The molecule has 25 heavy (non-hydrogen) atoms. The van der Waals surface area contributed by atoms with Crippen molar-refractivity contribution in [2.24, 2.45) is 5.92 Å². The summed E-state index contributed by atoms with van der Waals surface area (Å²) in [5.74, 6) is -0.161. The van der Waals surface area contributed by atoms with Gasteiger partial charge in [0, 0.05) is 30.8 Å². The van der Waals surface area contributed by atoms with E-state index in [1.807, 2.05) is 6.92 Å². The number of amides is 1. The van der Waals surface area contributed by atoms with E-state index in [0.29, 0.717) is 48.1 Å². The van der Waals surface area contributed by atoms with Crippen molar-refractivity contribution in [1.82, 2.24) is 10.2 Å². The number of halogens is 2. The number of nitrogens with zero attached hydrogens (tertiary/aromatic N) is 1. The molecule has 1 fully saturated rings. The maximum atomic E-state index is 12.0. The average molecular weight is 391 g/mol. The van der Waals surface area contributed by atoms with Crippen LogP contribution >= 0.6 is 23.2 Å². The number of carbonyl (C=O) groups excluding carboxylic acids is 1. The molecule has 1 aliphatic heterocycles. The third-order valence-electron chi connectivity index (χ3n) is 4.61. The van der Waals surface area contributed by atoms with Gasteiger partial charge in [0.1, 0.15) is 5.75 Å². The van der Waals surface area contributed by atoms with Crippen LogP contribution in [0.3, 0.4) is 0 Å². The molecule has 0 spiro atoms. The zero-order chi connectivity index (χ0) is 18.6. The average Bonchev–Trinajstić information content (AvgIpc) is 2.62. The predicted octanol–water partition coefficient (Wildman–Crippen LogP) is 1.94. The van der Waals surface area contributed by atoms with Crippen LogP contribution in [-0.4, -0.2) is 58.5 Å². The van der Waals surface area contributed by atoms with Gasteiger partial charge in [-0.15, -0.1) is 0 Å². The third kappa shape index (κ3) is 4.77. The molecule has 4 N–H and O–H groups in total. The second-order valence-corrected chi connectivity index (χ2v) is 7.04. The van der Waals surface area contributed by atoms with Crippen molar-refractivity contribution in [1.29, 1.82) is 0 Å². The highest BCUT2D eigenvalue weighted by Crippen LogP contribution is 2.39. The van der Waals surface area contributed by atoms with Crippen molar-refractivity contribution in [3.8, 4) is 5.75 Å². The van der Waals surface area contributed by atoms with Gasteiger partial charge in [0.15, 0.2) is 6.10 Å². The minimum atomic E-state index is -1.36. The van der Waals surface area contributed by atoms with Crippen LogP contribution in [-0.2, 0) is 4.79 Å². The Bertz CT molecular complexity index is 607. The van der Waals surface area contributed by atoms with Crippen molar-refractivity contribution in [3.05, 3.63) is 27.7 Å². The van der Waals surface area contributed by atoms with Gasteiger partial charge in [-0.2, -0.15) is 0 Å². The molecular formula is C17H24Cl2N2O4. The number of carbonyl (C=O) groups is 1. The summed E-state index contributed by atoms with van der Waals surface area (Å²) in [4.78, 5) is 13.5. The van der Waals surface area contributed by atoms with Crippen LogP contribution in [0.25, 0.3) is 0 Å². The first-order valence-electron chi connectivity index (χ1n) is 8.38. The van der Waals surface area contributed by atoms with E-state index >= 15 is 0 Å².